The molecule has 3 fully saturated rings. The number of carbonyl (C=O) groups is 1. The van der Waals surface area contributed by atoms with Crippen LogP contribution in [0.25, 0.3) is 0 Å². The molecule has 1 amide bonds. The molecule has 1 saturated carbocycles. The van der Waals surface area contributed by atoms with Crippen molar-refractivity contribution in [3.05, 3.63) is 17.8 Å². The minimum atomic E-state index is 0.0531. The monoisotopic (exact) mass is 289 g/mol. The third-order valence-corrected chi connectivity index (χ3v) is 5.44. The number of likely N-dealkylation sites (tertiary alicyclic amines) is 1. The van der Waals surface area contributed by atoms with E-state index in [0.717, 1.165) is 44.6 Å². The summed E-state index contributed by atoms with van der Waals surface area (Å²) in [5.41, 5.74) is 1.21. The predicted molar refractivity (Wildman–Crippen MR) is 78.1 cm³/mol. The Morgan fingerprint density at radius 3 is 2.90 bits per heavy atom. The van der Waals surface area contributed by atoms with Crippen molar-refractivity contribution in [3.63, 3.8) is 0 Å². The minimum Gasteiger partial charge on any atom is -0.438 e. The first-order chi connectivity index (χ1) is 10.2. The molecule has 2 saturated heterocycles. The second-order valence-electron chi connectivity index (χ2n) is 7.08. The van der Waals surface area contributed by atoms with Gasteiger partial charge in [0.05, 0.1) is 5.69 Å². The zero-order valence-corrected chi connectivity index (χ0v) is 12.6. The molecule has 5 heteroatoms. The van der Waals surface area contributed by atoms with Crippen LogP contribution < -0.4 is 5.32 Å². The van der Waals surface area contributed by atoms with Gasteiger partial charge in [-0.05, 0) is 57.5 Å². The van der Waals surface area contributed by atoms with Gasteiger partial charge in [0.1, 0.15) is 0 Å². The van der Waals surface area contributed by atoms with E-state index in [-0.39, 0.29) is 5.91 Å². The molecule has 1 aliphatic carbocycles. The van der Waals surface area contributed by atoms with Crippen molar-refractivity contribution in [2.75, 3.05) is 19.6 Å². The van der Waals surface area contributed by atoms with Gasteiger partial charge in [0.25, 0.3) is 5.91 Å². The van der Waals surface area contributed by atoms with E-state index in [1.165, 1.54) is 19.2 Å². The highest BCUT2D eigenvalue weighted by Gasteiger charge is 2.46. The second kappa shape index (κ2) is 4.83. The van der Waals surface area contributed by atoms with E-state index in [1.807, 2.05) is 4.90 Å². The standard InChI is InChI=1S/C16H23N3O2/c1-11-8-16(4-6-17-7-5-16)9-19(11)15(20)14-13(12-2-3-12)18-10-21-14/h10-12,17H,2-9H2,1H3. The lowest BCUT2D eigenvalue weighted by atomic mass is 9.77. The van der Waals surface area contributed by atoms with E-state index in [9.17, 15) is 4.79 Å². The zero-order chi connectivity index (χ0) is 14.4. The number of nitrogens with zero attached hydrogens (tertiary/aromatic N) is 2. The summed E-state index contributed by atoms with van der Waals surface area (Å²) in [6.07, 6.45) is 7.17. The molecule has 21 heavy (non-hydrogen) atoms. The lowest BCUT2D eigenvalue weighted by Crippen LogP contribution is -2.40. The fourth-order valence-electron chi connectivity index (χ4n) is 4.10. The van der Waals surface area contributed by atoms with Crippen LogP contribution in [0, 0.1) is 5.41 Å². The first-order valence-electron chi connectivity index (χ1n) is 8.14. The number of nitrogens with one attached hydrogen (secondary N) is 1. The molecule has 1 unspecified atom stereocenters. The fourth-order valence-corrected chi connectivity index (χ4v) is 4.10. The van der Waals surface area contributed by atoms with Crippen LogP contribution in [-0.4, -0.2) is 41.5 Å². The van der Waals surface area contributed by atoms with Crippen LogP contribution in [0.15, 0.2) is 10.8 Å². The molecule has 5 nitrogen and oxygen atoms in total. The lowest BCUT2D eigenvalue weighted by molar-refractivity contribution is 0.0690. The van der Waals surface area contributed by atoms with Crippen molar-refractivity contribution in [3.8, 4) is 0 Å². The van der Waals surface area contributed by atoms with Gasteiger partial charge in [-0.1, -0.05) is 0 Å². The topological polar surface area (TPSA) is 58.4 Å². The second-order valence-corrected chi connectivity index (χ2v) is 7.08. The predicted octanol–water partition coefficient (Wildman–Crippen LogP) is 2.16. The minimum absolute atomic E-state index is 0.0531. The molecule has 1 N–H and O–H groups in total. The van der Waals surface area contributed by atoms with Gasteiger partial charge in [0, 0.05) is 18.5 Å². The van der Waals surface area contributed by atoms with E-state index in [1.54, 1.807) is 0 Å². The summed E-state index contributed by atoms with van der Waals surface area (Å²) in [4.78, 5) is 19.2. The average Bonchev–Trinajstić information content (AvgIpc) is 3.13. The van der Waals surface area contributed by atoms with E-state index < -0.39 is 0 Å². The summed E-state index contributed by atoms with van der Waals surface area (Å²) >= 11 is 0. The van der Waals surface area contributed by atoms with Gasteiger partial charge in [0.15, 0.2) is 6.39 Å². The van der Waals surface area contributed by atoms with Crippen LogP contribution >= 0.6 is 0 Å². The molecule has 114 valence electrons. The van der Waals surface area contributed by atoms with E-state index in [0.29, 0.717) is 23.1 Å². The highest BCUT2D eigenvalue weighted by molar-refractivity contribution is 5.93. The van der Waals surface area contributed by atoms with E-state index in [4.69, 9.17) is 4.42 Å². The van der Waals surface area contributed by atoms with Gasteiger partial charge in [-0.15, -0.1) is 0 Å². The van der Waals surface area contributed by atoms with E-state index in [2.05, 4.69) is 17.2 Å². The lowest BCUT2D eigenvalue weighted by Gasteiger charge is -2.33. The maximum atomic E-state index is 12.9. The van der Waals surface area contributed by atoms with Gasteiger partial charge in [-0.2, -0.15) is 0 Å². The van der Waals surface area contributed by atoms with Gasteiger partial charge >= 0.3 is 0 Å². The van der Waals surface area contributed by atoms with E-state index >= 15 is 0 Å². The van der Waals surface area contributed by atoms with Gasteiger partial charge < -0.3 is 14.6 Å². The third kappa shape index (κ3) is 2.27. The molecule has 2 aliphatic heterocycles. The quantitative estimate of drug-likeness (QED) is 0.906. The Balaban J connectivity index is 1.55. The molecule has 0 radical (unpaired) electrons. The Hall–Kier alpha value is -1.36. The third-order valence-electron chi connectivity index (χ3n) is 5.44. The Morgan fingerprint density at radius 1 is 1.43 bits per heavy atom. The number of hydrogen-bond donors (Lipinski definition) is 1. The Labute approximate surface area is 125 Å². The van der Waals surface area contributed by atoms with Gasteiger partial charge in [-0.3, -0.25) is 4.79 Å². The number of oxazole rings is 1. The molecule has 1 atom stereocenters. The fraction of sp³-hybridized carbons (Fsp3) is 0.750. The maximum Gasteiger partial charge on any atom is 0.291 e. The molecule has 1 spiro atoms. The largest absolute Gasteiger partial charge is 0.438 e. The molecule has 0 bridgehead atoms. The summed E-state index contributed by atoms with van der Waals surface area (Å²) in [7, 11) is 0. The van der Waals surface area contributed by atoms with Crippen LogP contribution in [-0.2, 0) is 0 Å². The number of amides is 1. The Morgan fingerprint density at radius 2 is 2.19 bits per heavy atom. The average molecular weight is 289 g/mol. The van der Waals surface area contributed by atoms with Crippen molar-refractivity contribution in [1.29, 1.82) is 0 Å². The number of rotatable bonds is 2. The molecule has 3 heterocycles. The summed E-state index contributed by atoms with van der Waals surface area (Å²) in [5.74, 6) is 1.00. The maximum absolute atomic E-state index is 12.9. The SMILES string of the molecule is CC1CC2(CCNCC2)CN1C(=O)c1ocnc1C1CC1. The summed E-state index contributed by atoms with van der Waals surface area (Å²) in [6, 6.07) is 0.299. The summed E-state index contributed by atoms with van der Waals surface area (Å²) in [6.45, 7) is 5.19. The van der Waals surface area contributed by atoms with Crippen LogP contribution in [0.4, 0.5) is 0 Å². The molecule has 3 aliphatic rings. The highest BCUT2D eigenvalue weighted by atomic mass is 16.3. The van der Waals surface area contributed by atoms with Gasteiger partial charge in [-0.25, -0.2) is 4.98 Å². The van der Waals surface area contributed by atoms with Crippen molar-refractivity contribution < 1.29 is 9.21 Å². The zero-order valence-electron chi connectivity index (χ0n) is 12.6. The van der Waals surface area contributed by atoms with Gasteiger partial charge in [0.2, 0.25) is 5.76 Å². The first kappa shape index (κ1) is 13.3. The molecular formula is C16H23N3O2. The van der Waals surface area contributed by atoms with Crippen LogP contribution in [0.3, 0.4) is 0 Å². The van der Waals surface area contributed by atoms with Crippen molar-refractivity contribution in [2.24, 2.45) is 5.41 Å². The highest BCUT2D eigenvalue weighted by Crippen LogP contribution is 2.44. The number of hydrogen-bond acceptors (Lipinski definition) is 4. The molecule has 1 aromatic heterocycles. The Kier molecular flexibility index (Phi) is 3.06. The van der Waals surface area contributed by atoms with Crippen molar-refractivity contribution in [1.82, 2.24) is 15.2 Å². The van der Waals surface area contributed by atoms with Crippen molar-refractivity contribution in [2.45, 2.75) is 51.0 Å². The number of piperidine rings is 1. The van der Waals surface area contributed by atoms with Crippen LogP contribution in [0.2, 0.25) is 0 Å². The number of aromatic nitrogens is 1. The first-order valence-corrected chi connectivity index (χ1v) is 8.14. The number of carbonyl (C=O) groups excluding carboxylic acids is 1. The van der Waals surface area contributed by atoms with Crippen LogP contribution in [0.5, 0.6) is 0 Å². The molecule has 1 aromatic rings. The smallest absolute Gasteiger partial charge is 0.291 e. The van der Waals surface area contributed by atoms with Crippen LogP contribution in [0.1, 0.15) is 61.2 Å². The normalized spacial score (nSPS) is 28.2. The summed E-state index contributed by atoms with van der Waals surface area (Å²) in [5, 5.41) is 3.42. The molecular weight excluding hydrogens is 266 g/mol. The molecule has 0 aromatic carbocycles. The Bertz CT molecular complexity index is 543. The van der Waals surface area contributed by atoms with Crippen molar-refractivity contribution >= 4 is 5.91 Å². The summed E-state index contributed by atoms with van der Waals surface area (Å²) < 4.78 is 5.45. The molecule has 4 rings (SSSR count).